The fraction of sp³-hybridized carbons (Fsp3) is 0.706. The number of nitrogens with zero attached hydrogens (tertiary/aromatic N) is 2. The van der Waals surface area contributed by atoms with Gasteiger partial charge in [-0.3, -0.25) is 4.98 Å². The van der Waals surface area contributed by atoms with Gasteiger partial charge in [0.15, 0.2) is 0 Å². The normalized spacial score (nSPS) is 20.6. The zero-order chi connectivity index (χ0) is 14.8. The van der Waals surface area contributed by atoms with Gasteiger partial charge in [0.25, 0.3) is 0 Å². The van der Waals surface area contributed by atoms with Gasteiger partial charge in [0.1, 0.15) is 0 Å². The van der Waals surface area contributed by atoms with E-state index in [0.717, 1.165) is 5.69 Å². The fourth-order valence-corrected chi connectivity index (χ4v) is 2.99. The predicted molar refractivity (Wildman–Crippen MR) is 86.2 cm³/mol. The van der Waals surface area contributed by atoms with Gasteiger partial charge in [-0.1, -0.05) is 13.8 Å². The summed E-state index contributed by atoms with van der Waals surface area (Å²) in [7, 11) is 4.18. The molecule has 112 valence electrons. The van der Waals surface area contributed by atoms with E-state index in [1.807, 2.05) is 13.2 Å². The van der Waals surface area contributed by atoms with Crippen LogP contribution in [0, 0.1) is 5.41 Å². The van der Waals surface area contributed by atoms with Crippen molar-refractivity contribution in [3.63, 3.8) is 0 Å². The molecule has 1 heterocycles. The SMILES string of the molecule is CNC(C)c1ccc(N(C)C2CCC(C)(C)CC2)cn1. The van der Waals surface area contributed by atoms with Gasteiger partial charge in [-0.25, -0.2) is 0 Å². The van der Waals surface area contributed by atoms with Gasteiger partial charge in [0, 0.05) is 19.1 Å². The van der Waals surface area contributed by atoms with E-state index in [1.54, 1.807) is 0 Å². The first-order valence-corrected chi connectivity index (χ1v) is 7.79. The van der Waals surface area contributed by atoms with Crippen molar-refractivity contribution in [3.8, 4) is 0 Å². The third kappa shape index (κ3) is 3.51. The minimum Gasteiger partial charge on any atom is -0.370 e. The van der Waals surface area contributed by atoms with Crippen molar-refractivity contribution in [1.29, 1.82) is 0 Å². The van der Waals surface area contributed by atoms with E-state index in [2.05, 4.69) is 55.2 Å². The molecule has 1 unspecified atom stereocenters. The summed E-state index contributed by atoms with van der Waals surface area (Å²) in [5.74, 6) is 0. The molecule has 2 rings (SSSR count). The van der Waals surface area contributed by atoms with E-state index in [1.165, 1.54) is 31.4 Å². The molecule has 3 nitrogen and oxygen atoms in total. The molecule has 1 saturated carbocycles. The van der Waals surface area contributed by atoms with E-state index in [9.17, 15) is 0 Å². The van der Waals surface area contributed by atoms with Crippen molar-refractivity contribution >= 4 is 5.69 Å². The zero-order valence-electron chi connectivity index (χ0n) is 13.6. The van der Waals surface area contributed by atoms with Crippen LogP contribution < -0.4 is 10.2 Å². The maximum atomic E-state index is 4.59. The molecule has 0 saturated heterocycles. The summed E-state index contributed by atoms with van der Waals surface area (Å²) in [6, 6.07) is 5.32. The molecule has 0 amide bonds. The van der Waals surface area contributed by atoms with Gasteiger partial charge in [-0.15, -0.1) is 0 Å². The van der Waals surface area contributed by atoms with E-state index >= 15 is 0 Å². The molecule has 1 aliphatic carbocycles. The maximum absolute atomic E-state index is 4.59. The average molecular weight is 275 g/mol. The van der Waals surface area contributed by atoms with Crippen LogP contribution in [0.2, 0.25) is 0 Å². The second-order valence-electron chi connectivity index (χ2n) is 6.96. The lowest BCUT2D eigenvalue weighted by molar-refractivity contribution is 0.222. The Kier molecular flexibility index (Phi) is 4.69. The zero-order valence-corrected chi connectivity index (χ0v) is 13.6. The monoisotopic (exact) mass is 275 g/mol. The third-order valence-corrected chi connectivity index (χ3v) is 4.91. The number of nitrogens with one attached hydrogen (secondary N) is 1. The Hall–Kier alpha value is -1.09. The van der Waals surface area contributed by atoms with E-state index in [4.69, 9.17) is 0 Å². The quantitative estimate of drug-likeness (QED) is 0.906. The Bertz CT molecular complexity index is 414. The van der Waals surface area contributed by atoms with Crippen molar-refractivity contribution in [2.45, 2.75) is 58.5 Å². The second-order valence-corrected chi connectivity index (χ2v) is 6.96. The Morgan fingerprint density at radius 3 is 2.45 bits per heavy atom. The van der Waals surface area contributed by atoms with Crippen LogP contribution in [0.25, 0.3) is 0 Å². The summed E-state index contributed by atoms with van der Waals surface area (Å²) in [6.45, 7) is 6.91. The summed E-state index contributed by atoms with van der Waals surface area (Å²) in [5.41, 5.74) is 2.87. The molecule has 1 aromatic rings. The van der Waals surface area contributed by atoms with Crippen LogP contribution in [0.15, 0.2) is 18.3 Å². The van der Waals surface area contributed by atoms with Gasteiger partial charge >= 0.3 is 0 Å². The lowest BCUT2D eigenvalue weighted by Crippen LogP contribution is -2.37. The van der Waals surface area contributed by atoms with Gasteiger partial charge in [-0.2, -0.15) is 0 Å². The molecule has 0 aromatic carbocycles. The summed E-state index contributed by atoms with van der Waals surface area (Å²) >= 11 is 0. The number of hydrogen-bond donors (Lipinski definition) is 1. The van der Waals surface area contributed by atoms with E-state index in [-0.39, 0.29) is 0 Å². The molecule has 1 N–H and O–H groups in total. The first-order chi connectivity index (χ1) is 9.43. The minimum atomic E-state index is 0.310. The van der Waals surface area contributed by atoms with Crippen molar-refractivity contribution in [1.82, 2.24) is 10.3 Å². The standard InChI is InChI=1S/C17H29N3/c1-13(18-4)16-7-6-15(12-19-16)20(5)14-8-10-17(2,3)11-9-14/h6-7,12-14,18H,8-11H2,1-5H3. The molecule has 20 heavy (non-hydrogen) atoms. The summed E-state index contributed by atoms with van der Waals surface area (Å²) in [4.78, 5) is 7.00. The predicted octanol–water partition coefficient (Wildman–Crippen LogP) is 3.77. The molecular formula is C17H29N3. The van der Waals surface area contributed by atoms with Crippen LogP contribution >= 0.6 is 0 Å². The number of pyridine rings is 1. The summed E-state index contributed by atoms with van der Waals surface area (Å²) in [6.07, 6.45) is 7.24. The maximum Gasteiger partial charge on any atom is 0.0571 e. The van der Waals surface area contributed by atoms with Gasteiger partial charge in [-0.05, 0) is 57.2 Å². The minimum absolute atomic E-state index is 0.310. The Balaban J connectivity index is 2.01. The molecule has 0 spiro atoms. The van der Waals surface area contributed by atoms with Crippen molar-refractivity contribution in [2.24, 2.45) is 5.41 Å². The first-order valence-electron chi connectivity index (χ1n) is 7.79. The summed E-state index contributed by atoms with van der Waals surface area (Å²) in [5, 5.41) is 3.23. The lowest BCUT2D eigenvalue weighted by atomic mass is 9.75. The largest absolute Gasteiger partial charge is 0.370 e. The van der Waals surface area contributed by atoms with Crippen LogP contribution in [0.3, 0.4) is 0 Å². The summed E-state index contributed by atoms with van der Waals surface area (Å²) < 4.78 is 0. The molecule has 0 bridgehead atoms. The first kappa shape index (κ1) is 15.3. The smallest absolute Gasteiger partial charge is 0.0571 e. The number of rotatable bonds is 4. The van der Waals surface area contributed by atoms with Crippen LogP contribution in [0.5, 0.6) is 0 Å². The highest BCUT2D eigenvalue weighted by molar-refractivity contribution is 5.45. The van der Waals surface area contributed by atoms with Crippen LogP contribution in [-0.2, 0) is 0 Å². The molecule has 1 atom stereocenters. The van der Waals surface area contributed by atoms with Crippen LogP contribution in [0.4, 0.5) is 5.69 Å². The average Bonchev–Trinajstić information content (AvgIpc) is 2.46. The van der Waals surface area contributed by atoms with Crippen molar-refractivity contribution < 1.29 is 0 Å². The van der Waals surface area contributed by atoms with E-state index in [0.29, 0.717) is 17.5 Å². The second kappa shape index (κ2) is 6.13. The Labute approximate surface area is 123 Å². The molecule has 1 aromatic heterocycles. The van der Waals surface area contributed by atoms with Crippen LogP contribution in [0.1, 0.15) is 58.2 Å². The number of hydrogen-bond acceptors (Lipinski definition) is 3. The molecule has 3 heteroatoms. The Morgan fingerprint density at radius 1 is 1.30 bits per heavy atom. The van der Waals surface area contributed by atoms with Gasteiger partial charge < -0.3 is 10.2 Å². The molecule has 0 aliphatic heterocycles. The van der Waals surface area contributed by atoms with Crippen molar-refractivity contribution in [3.05, 3.63) is 24.0 Å². The van der Waals surface area contributed by atoms with E-state index < -0.39 is 0 Å². The lowest BCUT2D eigenvalue weighted by Gasteiger charge is -2.39. The highest BCUT2D eigenvalue weighted by Crippen LogP contribution is 2.37. The molecular weight excluding hydrogens is 246 g/mol. The van der Waals surface area contributed by atoms with Crippen LogP contribution in [-0.4, -0.2) is 25.1 Å². The van der Waals surface area contributed by atoms with Gasteiger partial charge in [0.05, 0.1) is 17.6 Å². The Morgan fingerprint density at radius 2 is 1.95 bits per heavy atom. The molecule has 0 radical (unpaired) electrons. The third-order valence-electron chi connectivity index (χ3n) is 4.91. The molecule has 1 aliphatic rings. The van der Waals surface area contributed by atoms with Crippen molar-refractivity contribution in [2.75, 3.05) is 19.0 Å². The highest BCUT2D eigenvalue weighted by Gasteiger charge is 2.28. The number of anilines is 1. The topological polar surface area (TPSA) is 28.2 Å². The number of aromatic nitrogens is 1. The fourth-order valence-electron chi connectivity index (χ4n) is 2.99. The van der Waals surface area contributed by atoms with Gasteiger partial charge in [0.2, 0.25) is 0 Å². The highest BCUT2D eigenvalue weighted by atomic mass is 15.1. The molecule has 1 fully saturated rings.